The SMILES string of the molecule is O=C(NCC(C(=O)NC1CCOC1C(=O)O)C1CCC1)OCC1c2ccccc2-c2ccccc21. The Morgan fingerprint density at radius 1 is 1.00 bits per heavy atom. The average molecular weight is 479 g/mol. The fourth-order valence-corrected chi connectivity index (χ4v) is 5.43. The van der Waals surface area contributed by atoms with Gasteiger partial charge in [-0.1, -0.05) is 55.0 Å². The van der Waals surface area contributed by atoms with Crippen molar-refractivity contribution >= 4 is 18.0 Å². The number of rotatable bonds is 8. The summed E-state index contributed by atoms with van der Waals surface area (Å²) in [7, 11) is 0. The van der Waals surface area contributed by atoms with Crippen LogP contribution in [0.5, 0.6) is 0 Å². The molecule has 1 aliphatic heterocycles. The van der Waals surface area contributed by atoms with E-state index in [1.807, 2.05) is 24.3 Å². The first kappa shape index (κ1) is 23.4. The molecular weight excluding hydrogens is 448 g/mol. The van der Waals surface area contributed by atoms with Crippen molar-refractivity contribution in [2.24, 2.45) is 11.8 Å². The lowest BCUT2D eigenvalue weighted by atomic mass is 9.75. The second kappa shape index (κ2) is 10.1. The molecule has 8 nitrogen and oxygen atoms in total. The number of aliphatic carboxylic acids is 1. The molecule has 3 unspecified atom stereocenters. The molecule has 184 valence electrons. The van der Waals surface area contributed by atoms with Gasteiger partial charge in [-0.25, -0.2) is 9.59 Å². The number of hydrogen-bond acceptors (Lipinski definition) is 5. The molecule has 3 N–H and O–H groups in total. The van der Waals surface area contributed by atoms with E-state index >= 15 is 0 Å². The van der Waals surface area contributed by atoms with E-state index in [9.17, 15) is 19.5 Å². The number of benzene rings is 2. The molecular formula is C27H30N2O6. The molecule has 2 fully saturated rings. The van der Waals surface area contributed by atoms with Gasteiger partial charge in [0.05, 0.1) is 12.0 Å². The quantitative estimate of drug-likeness (QED) is 0.537. The summed E-state index contributed by atoms with van der Waals surface area (Å²) in [5.74, 6) is -1.62. The third-order valence-corrected chi connectivity index (χ3v) is 7.53. The van der Waals surface area contributed by atoms with Gasteiger partial charge in [0.1, 0.15) is 6.61 Å². The van der Waals surface area contributed by atoms with Gasteiger partial charge < -0.3 is 25.2 Å². The predicted molar refractivity (Wildman–Crippen MR) is 128 cm³/mol. The van der Waals surface area contributed by atoms with Crippen LogP contribution in [-0.2, 0) is 19.1 Å². The Morgan fingerprint density at radius 3 is 2.26 bits per heavy atom. The number of nitrogens with one attached hydrogen (secondary N) is 2. The van der Waals surface area contributed by atoms with Gasteiger partial charge in [-0.15, -0.1) is 0 Å². The van der Waals surface area contributed by atoms with Crippen LogP contribution < -0.4 is 10.6 Å². The highest BCUT2D eigenvalue weighted by Gasteiger charge is 2.39. The minimum Gasteiger partial charge on any atom is -0.479 e. The van der Waals surface area contributed by atoms with Gasteiger partial charge in [-0.2, -0.15) is 0 Å². The van der Waals surface area contributed by atoms with Gasteiger partial charge in [0, 0.05) is 19.1 Å². The zero-order chi connectivity index (χ0) is 24.4. The van der Waals surface area contributed by atoms with Crippen LogP contribution in [0.4, 0.5) is 4.79 Å². The first-order valence-electron chi connectivity index (χ1n) is 12.3. The summed E-state index contributed by atoms with van der Waals surface area (Å²) in [5, 5.41) is 14.9. The minimum atomic E-state index is -1.08. The molecule has 1 saturated heterocycles. The highest BCUT2D eigenvalue weighted by atomic mass is 16.5. The van der Waals surface area contributed by atoms with Crippen molar-refractivity contribution in [2.75, 3.05) is 19.8 Å². The average Bonchev–Trinajstić information content (AvgIpc) is 3.41. The molecule has 35 heavy (non-hydrogen) atoms. The Hall–Kier alpha value is -3.39. The van der Waals surface area contributed by atoms with E-state index in [4.69, 9.17) is 9.47 Å². The second-order valence-electron chi connectivity index (χ2n) is 9.54. The molecule has 2 aromatic carbocycles. The topological polar surface area (TPSA) is 114 Å². The first-order valence-corrected chi connectivity index (χ1v) is 12.3. The lowest BCUT2D eigenvalue weighted by Gasteiger charge is -2.33. The maximum absolute atomic E-state index is 13.0. The number of amides is 2. The molecule has 3 aliphatic rings. The van der Waals surface area contributed by atoms with E-state index in [0.717, 1.165) is 41.5 Å². The summed E-state index contributed by atoms with van der Waals surface area (Å²) in [4.78, 5) is 37.0. The normalized spacial score (nSPS) is 21.9. The van der Waals surface area contributed by atoms with E-state index in [1.54, 1.807) is 0 Å². The number of carboxylic acids is 1. The molecule has 2 aromatic rings. The summed E-state index contributed by atoms with van der Waals surface area (Å²) < 4.78 is 10.8. The molecule has 1 saturated carbocycles. The summed E-state index contributed by atoms with van der Waals surface area (Å²) in [6.07, 6.45) is 1.73. The van der Waals surface area contributed by atoms with Gasteiger partial charge in [0.2, 0.25) is 5.91 Å². The Kier molecular flexibility index (Phi) is 6.72. The predicted octanol–water partition coefficient (Wildman–Crippen LogP) is 3.30. The van der Waals surface area contributed by atoms with E-state index in [1.165, 1.54) is 0 Å². The standard InChI is InChI=1S/C27H30N2O6/c30-25(29-23-12-13-34-24(23)26(31)32)21(16-6-5-7-16)14-28-27(33)35-15-22-19-10-3-1-8-17(19)18-9-2-4-11-20(18)22/h1-4,8-11,16,21-24H,5-7,12-15H2,(H,28,33)(H,29,30)(H,31,32). The summed E-state index contributed by atoms with van der Waals surface area (Å²) in [6.45, 7) is 0.659. The zero-order valence-electron chi connectivity index (χ0n) is 19.4. The molecule has 0 radical (unpaired) electrons. The van der Waals surface area contributed by atoms with Gasteiger partial charge in [0.15, 0.2) is 6.10 Å². The number of carboxylic acid groups (broad SMARTS) is 1. The van der Waals surface area contributed by atoms with E-state index in [2.05, 4.69) is 34.9 Å². The van der Waals surface area contributed by atoms with Crippen molar-refractivity contribution in [2.45, 2.75) is 43.7 Å². The number of carbonyl (C=O) groups is 3. The summed E-state index contributed by atoms with van der Waals surface area (Å²) in [5.41, 5.74) is 4.60. The number of alkyl carbamates (subject to hydrolysis) is 1. The van der Waals surface area contributed by atoms with Crippen LogP contribution in [0.1, 0.15) is 42.7 Å². The van der Waals surface area contributed by atoms with Gasteiger partial charge >= 0.3 is 12.1 Å². The van der Waals surface area contributed by atoms with Crippen molar-refractivity contribution in [3.05, 3.63) is 59.7 Å². The highest BCUT2D eigenvalue weighted by Crippen LogP contribution is 2.44. The van der Waals surface area contributed by atoms with Crippen LogP contribution in [0.15, 0.2) is 48.5 Å². The van der Waals surface area contributed by atoms with E-state index < -0.39 is 30.1 Å². The second-order valence-corrected chi connectivity index (χ2v) is 9.54. The first-order chi connectivity index (χ1) is 17.0. The maximum Gasteiger partial charge on any atom is 0.407 e. The maximum atomic E-state index is 13.0. The molecule has 0 aromatic heterocycles. The molecule has 0 bridgehead atoms. The van der Waals surface area contributed by atoms with Crippen LogP contribution in [0.3, 0.4) is 0 Å². The van der Waals surface area contributed by atoms with Crippen molar-refractivity contribution in [3.8, 4) is 11.1 Å². The van der Waals surface area contributed by atoms with Crippen LogP contribution in [0.2, 0.25) is 0 Å². The van der Waals surface area contributed by atoms with Crippen molar-refractivity contribution < 1.29 is 29.0 Å². The third kappa shape index (κ3) is 4.75. The number of ether oxygens (including phenoxy) is 2. The Balaban J connectivity index is 1.18. The lowest BCUT2D eigenvalue weighted by Crippen LogP contribution is -2.50. The number of carbonyl (C=O) groups excluding carboxylic acids is 2. The van der Waals surface area contributed by atoms with E-state index in [0.29, 0.717) is 13.0 Å². The third-order valence-electron chi connectivity index (χ3n) is 7.53. The van der Waals surface area contributed by atoms with Gasteiger partial charge in [-0.3, -0.25) is 4.79 Å². The molecule has 1 heterocycles. The van der Waals surface area contributed by atoms with E-state index in [-0.39, 0.29) is 30.9 Å². The smallest absolute Gasteiger partial charge is 0.407 e. The van der Waals surface area contributed by atoms with Crippen molar-refractivity contribution in [1.29, 1.82) is 0 Å². The Bertz CT molecular complexity index is 1070. The fourth-order valence-electron chi connectivity index (χ4n) is 5.43. The van der Waals surface area contributed by atoms with Crippen molar-refractivity contribution in [3.63, 3.8) is 0 Å². The molecule has 3 atom stereocenters. The van der Waals surface area contributed by atoms with Crippen LogP contribution >= 0.6 is 0 Å². The molecule has 5 rings (SSSR count). The lowest BCUT2D eigenvalue weighted by molar-refractivity contribution is -0.148. The number of fused-ring (bicyclic) bond motifs is 3. The van der Waals surface area contributed by atoms with Crippen molar-refractivity contribution in [1.82, 2.24) is 10.6 Å². The van der Waals surface area contributed by atoms with Crippen LogP contribution in [-0.4, -0.2) is 55.0 Å². The Morgan fingerprint density at radius 2 is 1.66 bits per heavy atom. The van der Waals surface area contributed by atoms with Gasteiger partial charge in [0.25, 0.3) is 0 Å². The summed E-state index contributed by atoms with van der Waals surface area (Å²) >= 11 is 0. The highest BCUT2D eigenvalue weighted by molar-refractivity contribution is 5.82. The largest absolute Gasteiger partial charge is 0.479 e. The fraction of sp³-hybridized carbons (Fsp3) is 0.444. The minimum absolute atomic E-state index is 0.0332. The van der Waals surface area contributed by atoms with Crippen LogP contribution in [0, 0.1) is 11.8 Å². The van der Waals surface area contributed by atoms with Crippen LogP contribution in [0.25, 0.3) is 11.1 Å². The molecule has 8 heteroatoms. The zero-order valence-corrected chi connectivity index (χ0v) is 19.4. The number of hydrogen-bond donors (Lipinski definition) is 3. The molecule has 2 aliphatic carbocycles. The molecule has 0 spiro atoms. The molecule has 2 amide bonds. The van der Waals surface area contributed by atoms with Gasteiger partial charge in [-0.05, 0) is 47.4 Å². The monoisotopic (exact) mass is 478 g/mol. The summed E-state index contributed by atoms with van der Waals surface area (Å²) in [6, 6.07) is 15.7. The Labute approximate surface area is 204 Å².